The lowest BCUT2D eigenvalue weighted by atomic mass is 10.2. The molecule has 106 valence electrons. The molecule has 0 spiro atoms. The van der Waals surface area contributed by atoms with Gasteiger partial charge in [-0.2, -0.15) is 0 Å². The number of anilines is 1. The largest absolute Gasteiger partial charge is 0.382 e. The molecule has 0 radical (unpaired) electrons. The molecule has 0 saturated heterocycles. The van der Waals surface area contributed by atoms with Crippen LogP contribution in [0.5, 0.6) is 0 Å². The van der Waals surface area contributed by atoms with Crippen molar-refractivity contribution in [2.45, 2.75) is 19.9 Å². The summed E-state index contributed by atoms with van der Waals surface area (Å²) in [6.07, 6.45) is 0. The molecule has 1 unspecified atom stereocenters. The van der Waals surface area contributed by atoms with Crippen LogP contribution in [0.3, 0.4) is 0 Å². The Bertz CT molecular complexity index is 574. The Morgan fingerprint density at radius 2 is 2.11 bits per heavy atom. The summed E-state index contributed by atoms with van der Waals surface area (Å²) in [4.78, 5) is 10.0. The molecule has 8 heteroatoms. The van der Waals surface area contributed by atoms with Gasteiger partial charge in [-0.1, -0.05) is 18.5 Å². The Morgan fingerprint density at radius 3 is 2.58 bits per heavy atom. The number of hydrogen-bond acceptors (Lipinski definition) is 5. The van der Waals surface area contributed by atoms with E-state index in [-0.39, 0.29) is 28.3 Å². The third-order valence-corrected chi connectivity index (χ3v) is 4.69. The van der Waals surface area contributed by atoms with E-state index in [0.29, 0.717) is 5.69 Å². The summed E-state index contributed by atoms with van der Waals surface area (Å²) in [6.45, 7) is 3.31. The number of nitrogens with one attached hydrogen (secondary N) is 1. The Hall–Kier alpha value is -1.34. The maximum atomic E-state index is 11.5. The summed E-state index contributed by atoms with van der Waals surface area (Å²) in [5.74, 6) is 0.0815. The van der Waals surface area contributed by atoms with Crippen LogP contribution in [0, 0.1) is 10.1 Å². The molecule has 0 saturated carbocycles. The summed E-state index contributed by atoms with van der Waals surface area (Å²) in [6, 6.07) is 3.89. The topological polar surface area (TPSA) is 89.3 Å². The average Bonchev–Trinajstić information content (AvgIpc) is 2.27. The molecule has 0 fully saturated rings. The average molecular weight is 307 g/mol. The summed E-state index contributed by atoms with van der Waals surface area (Å²) in [5.41, 5.74) is 0.371. The van der Waals surface area contributed by atoms with Gasteiger partial charge in [0, 0.05) is 23.5 Å². The number of nitro groups is 1. The molecular weight excluding hydrogens is 292 g/mol. The van der Waals surface area contributed by atoms with Crippen molar-refractivity contribution < 1.29 is 13.3 Å². The molecule has 0 aromatic heterocycles. The number of hydrogen-bond donors (Lipinski definition) is 1. The lowest BCUT2D eigenvalue weighted by Crippen LogP contribution is -2.26. The molecule has 1 aromatic rings. The van der Waals surface area contributed by atoms with Crippen LogP contribution in [0.1, 0.15) is 13.8 Å². The van der Waals surface area contributed by atoms with Crippen LogP contribution < -0.4 is 5.32 Å². The number of rotatable bonds is 6. The van der Waals surface area contributed by atoms with Gasteiger partial charge in [0.15, 0.2) is 9.84 Å². The molecular formula is C11H15ClN2O4S. The summed E-state index contributed by atoms with van der Waals surface area (Å²) in [7, 11) is -3.07. The van der Waals surface area contributed by atoms with Crippen LogP contribution in [-0.2, 0) is 9.84 Å². The van der Waals surface area contributed by atoms with Crippen LogP contribution in [0.2, 0.25) is 5.02 Å². The van der Waals surface area contributed by atoms with Gasteiger partial charge in [-0.3, -0.25) is 10.1 Å². The number of sulfone groups is 1. The highest BCUT2D eigenvalue weighted by Crippen LogP contribution is 2.27. The van der Waals surface area contributed by atoms with E-state index in [1.165, 1.54) is 18.2 Å². The van der Waals surface area contributed by atoms with Gasteiger partial charge in [0.05, 0.1) is 10.7 Å². The molecule has 0 amide bonds. The molecule has 1 rings (SSSR count). The number of halogens is 1. The first-order valence-corrected chi connectivity index (χ1v) is 7.86. The standard InChI is InChI=1S/C11H15ClN2O4S/c1-3-19(17,18)7-8(2)13-9-4-5-11(14(15)16)10(12)6-9/h4-6,8,13H,3,7H2,1-2H3. The van der Waals surface area contributed by atoms with Gasteiger partial charge in [-0.25, -0.2) is 8.42 Å². The smallest absolute Gasteiger partial charge is 0.288 e. The van der Waals surface area contributed by atoms with Crippen molar-refractivity contribution in [3.63, 3.8) is 0 Å². The van der Waals surface area contributed by atoms with E-state index in [9.17, 15) is 18.5 Å². The van der Waals surface area contributed by atoms with E-state index >= 15 is 0 Å². The van der Waals surface area contributed by atoms with Crippen LogP contribution in [0.25, 0.3) is 0 Å². The van der Waals surface area contributed by atoms with E-state index < -0.39 is 14.8 Å². The molecule has 1 atom stereocenters. The first-order valence-electron chi connectivity index (χ1n) is 5.66. The van der Waals surface area contributed by atoms with E-state index in [2.05, 4.69) is 5.32 Å². The minimum absolute atomic E-state index is 0.00188. The van der Waals surface area contributed by atoms with Crippen LogP contribution in [-0.4, -0.2) is 30.9 Å². The van der Waals surface area contributed by atoms with Crippen molar-refractivity contribution in [1.82, 2.24) is 0 Å². The predicted octanol–water partition coefficient (Wildman–Crippen LogP) is 2.48. The first kappa shape index (κ1) is 15.7. The highest BCUT2D eigenvalue weighted by molar-refractivity contribution is 7.91. The summed E-state index contributed by atoms with van der Waals surface area (Å²) < 4.78 is 22.9. The number of nitrogens with zero attached hydrogens (tertiary/aromatic N) is 1. The van der Waals surface area contributed by atoms with Crippen molar-refractivity contribution in [2.24, 2.45) is 0 Å². The van der Waals surface area contributed by atoms with Gasteiger partial charge >= 0.3 is 0 Å². The number of benzene rings is 1. The lowest BCUT2D eigenvalue weighted by molar-refractivity contribution is -0.384. The van der Waals surface area contributed by atoms with Crippen molar-refractivity contribution in [3.8, 4) is 0 Å². The monoisotopic (exact) mass is 306 g/mol. The zero-order valence-electron chi connectivity index (χ0n) is 10.6. The second-order valence-electron chi connectivity index (χ2n) is 4.17. The maximum Gasteiger partial charge on any atom is 0.288 e. The zero-order chi connectivity index (χ0) is 14.6. The molecule has 6 nitrogen and oxygen atoms in total. The molecule has 0 bridgehead atoms. The molecule has 0 aliphatic carbocycles. The fourth-order valence-electron chi connectivity index (χ4n) is 1.57. The van der Waals surface area contributed by atoms with E-state index in [0.717, 1.165) is 0 Å². The molecule has 1 aromatic carbocycles. The second kappa shape index (κ2) is 6.21. The molecule has 19 heavy (non-hydrogen) atoms. The Morgan fingerprint density at radius 1 is 1.47 bits per heavy atom. The normalized spacial score (nSPS) is 13.0. The van der Waals surface area contributed by atoms with E-state index in [1.54, 1.807) is 13.8 Å². The van der Waals surface area contributed by atoms with Gasteiger partial charge < -0.3 is 5.32 Å². The van der Waals surface area contributed by atoms with Crippen molar-refractivity contribution >= 4 is 32.8 Å². The fourth-order valence-corrected chi connectivity index (χ4v) is 2.90. The van der Waals surface area contributed by atoms with Gasteiger partial charge in [-0.15, -0.1) is 0 Å². The molecule has 0 aliphatic rings. The Kier molecular flexibility index (Phi) is 5.13. The minimum Gasteiger partial charge on any atom is -0.382 e. The van der Waals surface area contributed by atoms with E-state index in [4.69, 9.17) is 11.6 Å². The van der Waals surface area contributed by atoms with E-state index in [1.807, 2.05) is 0 Å². The van der Waals surface area contributed by atoms with Crippen LogP contribution in [0.15, 0.2) is 18.2 Å². The molecule has 1 N–H and O–H groups in total. The van der Waals surface area contributed by atoms with Crippen molar-refractivity contribution in [3.05, 3.63) is 33.3 Å². The van der Waals surface area contributed by atoms with Gasteiger partial charge in [0.1, 0.15) is 5.02 Å². The molecule has 0 heterocycles. The van der Waals surface area contributed by atoms with Crippen molar-refractivity contribution in [2.75, 3.05) is 16.8 Å². The Balaban J connectivity index is 2.78. The molecule has 0 aliphatic heterocycles. The van der Waals surface area contributed by atoms with Crippen molar-refractivity contribution in [1.29, 1.82) is 0 Å². The SMILES string of the molecule is CCS(=O)(=O)CC(C)Nc1ccc([N+](=O)[O-])c(Cl)c1. The lowest BCUT2D eigenvalue weighted by Gasteiger charge is -2.15. The van der Waals surface area contributed by atoms with Gasteiger partial charge in [0.2, 0.25) is 0 Å². The highest BCUT2D eigenvalue weighted by atomic mass is 35.5. The highest BCUT2D eigenvalue weighted by Gasteiger charge is 2.16. The fraction of sp³-hybridized carbons (Fsp3) is 0.455. The second-order valence-corrected chi connectivity index (χ2v) is 6.97. The minimum atomic E-state index is -3.07. The number of nitro benzene ring substituents is 1. The van der Waals surface area contributed by atoms with Crippen LogP contribution >= 0.6 is 11.6 Å². The predicted molar refractivity (Wildman–Crippen MR) is 75.5 cm³/mol. The summed E-state index contributed by atoms with van der Waals surface area (Å²) in [5, 5.41) is 13.6. The Labute approximate surface area is 116 Å². The quantitative estimate of drug-likeness (QED) is 0.644. The third-order valence-electron chi connectivity index (χ3n) is 2.50. The summed E-state index contributed by atoms with van der Waals surface area (Å²) >= 11 is 5.77. The maximum absolute atomic E-state index is 11.5. The van der Waals surface area contributed by atoms with Crippen LogP contribution in [0.4, 0.5) is 11.4 Å². The van der Waals surface area contributed by atoms with Gasteiger partial charge in [-0.05, 0) is 19.1 Å². The first-order chi connectivity index (χ1) is 8.75. The third kappa shape index (κ3) is 4.68. The van der Waals surface area contributed by atoms with Gasteiger partial charge in [0.25, 0.3) is 5.69 Å². The zero-order valence-corrected chi connectivity index (χ0v) is 12.2.